The zero-order valence-corrected chi connectivity index (χ0v) is 11.3. The summed E-state index contributed by atoms with van der Waals surface area (Å²) >= 11 is 0. The van der Waals surface area contributed by atoms with Gasteiger partial charge in [0, 0.05) is 0 Å². The van der Waals surface area contributed by atoms with E-state index >= 15 is 0 Å². The van der Waals surface area contributed by atoms with Crippen molar-refractivity contribution < 1.29 is 14.3 Å². The summed E-state index contributed by atoms with van der Waals surface area (Å²) in [5.41, 5.74) is -0.802. The second-order valence-electron chi connectivity index (χ2n) is 5.37. The molecular formula is C14H24O3. The molecule has 3 heteroatoms. The lowest BCUT2D eigenvalue weighted by Crippen LogP contribution is -2.38. The van der Waals surface area contributed by atoms with Gasteiger partial charge in [0.15, 0.2) is 5.60 Å². The normalized spacial score (nSPS) is 40.3. The van der Waals surface area contributed by atoms with Crippen molar-refractivity contribution in [1.82, 2.24) is 0 Å². The van der Waals surface area contributed by atoms with E-state index in [9.17, 15) is 4.79 Å². The van der Waals surface area contributed by atoms with Crippen LogP contribution in [0.2, 0.25) is 0 Å². The molecule has 1 saturated carbocycles. The van der Waals surface area contributed by atoms with Crippen LogP contribution in [0.15, 0.2) is 0 Å². The van der Waals surface area contributed by atoms with Gasteiger partial charge in [0.25, 0.3) is 0 Å². The Kier molecular flexibility index (Phi) is 3.48. The predicted octanol–water partition coefficient (Wildman–Crippen LogP) is 3.07. The van der Waals surface area contributed by atoms with Crippen molar-refractivity contribution in [3.63, 3.8) is 0 Å². The minimum absolute atomic E-state index is 0.140. The van der Waals surface area contributed by atoms with Crippen LogP contribution in [-0.4, -0.2) is 23.8 Å². The van der Waals surface area contributed by atoms with Crippen LogP contribution in [0.3, 0.4) is 0 Å². The quantitative estimate of drug-likeness (QED) is 0.560. The van der Waals surface area contributed by atoms with Crippen molar-refractivity contribution in [3.05, 3.63) is 0 Å². The summed E-state index contributed by atoms with van der Waals surface area (Å²) in [5, 5.41) is 0. The van der Waals surface area contributed by atoms with Gasteiger partial charge in [-0.25, -0.2) is 4.79 Å². The fourth-order valence-corrected chi connectivity index (χ4v) is 3.48. The fraction of sp³-hybridized carbons (Fsp3) is 0.929. The SMILES string of the molecule is CCOC(=O)C1(CC)OC12CCCC(CC)C2. The molecule has 1 aliphatic carbocycles. The summed E-state index contributed by atoms with van der Waals surface area (Å²) in [6.07, 6.45) is 6.45. The number of carbonyl (C=O) groups is 1. The van der Waals surface area contributed by atoms with E-state index in [0.29, 0.717) is 12.5 Å². The molecular weight excluding hydrogens is 216 g/mol. The second kappa shape index (κ2) is 4.60. The Hall–Kier alpha value is -0.570. The molecule has 17 heavy (non-hydrogen) atoms. The van der Waals surface area contributed by atoms with Gasteiger partial charge in [0.05, 0.1) is 6.61 Å². The van der Waals surface area contributed by atoms with E-state index in [4.69, 9.17) is 9.47 Å². The van der Waals surface area contributed by atoms with Crippen LogP contribution >= 0.6 is 0 Å². The molecule has 3 unspecified atom stereocenters. The third-order valence-electron chi connectivity index (χ3n) is 4.56. The fourth-order valence-electron chi connectivity index (χ4n) is 3.48. The first kappa shape index (κ1) is 12.9. The largest absolute Gasteiger partial charge is 0.464 e. The monoisotopic (exact) mass is 240 g/mol. The van der Waals surface area contributed by atoms with Crippen LogP contribution in [0, 0.1) is 5.92 Å². The molecule has 0 aromatic heterocycles. The van der Waals surface area contributed by atoms with Crippen LogP contribution < -0.4 is 0 Å². The molecule has 98 valence electrons. The summed E-state index contributed by atoms with van der Waals surface area (Å²) in [4.78, 5) is 12.1. The highest BCUT2D eigenvalue weighted by Crippen LogP contribution is 2.60. The summed E-state index contributed by atoms with van der Waals surface area (Å²) in [6.45, 7) is 6.55. The highest BCUT2D eigenvalue weighted by molar-refractivity contribution is 5.85. The van der Waals surface area contributed by atoms with Crippen molar-refractivity contribution in [2.24, 2.45) is 5.92 Å². The summed E-state index contributed by atoms with van der Waals surface area (Å²) in [5.74, 6) is 0.575. The van der Waals surface area contributed by atoms with Gasteiger partial charge >= 0.3 is 5.97 Å². The number of rotatable bonds is 4. The minimum atomic E-state index is -0.614. The van der Waals surface area contributed by atoms with E-state index in [1.54, 1.807) is 0 Å². The van der Waals surface area contributed by atoms with E-state index in [1.165, 1.54) is 19.3 Å². The van der Waals surface area contributed by atoms with Gasteiger partial charge in [-0.2, -0.15) is 0 Å². The molecule has 3 atom stereocenters. The minimum Gasteiger partial charge on any atom is -0.464 e. The maximum absolute atomic E-state index is 12.1. The third-order valence-corrected chi connectivity index (χ3v) is 4.56. The standard InChI is InChI=1S/C14H24O3/c1-4-11-8-7-9-13(10-11)14(5-2,17-13)12(15)16-6-3/h11H,4-10H2,1-3H3. The number of esters is 1. The topological polar surface area (TPSA) is 38.8 Å². The first-order chi connectivity index (χ1) is 8.14. The molecule has 0 N–H and O–H groups in total. The Morgan fingerprint density at radius 1 is 1.41 bits per heavy atom. The summed E-state index contributed by atoms with van der Waals surface area (Å²) < 4.78 is 11.1. The summed E-state index contributed by atoms with van der Waals surface area (Å²) in [6, 6.07) is 0. The molecule has 1 aliphatic heterocycles. The Labute approximate surface area is 104 Å². The van der Waals surface area contributed by atoms with Gasteiger partial charge in [-0.15, -0.1) is 0 Å². The molecule has 0 aromatic carbocycles. The Balaban J connectivity index is 2.10. The van der Waals surface area contributed by atoms with Crippen molar-refractivity contribution in [2.45, 2.75) is 70.5 Å². The van der Waals surface area contributed by atoms with Gasteiger partial charge in [-0.05, 0) is 32.1 Å². The molecule has 0 amide bonds. The maximum atomic E-state index is 12.1. The molecule has 0 radical (unpaired) electrons. The zero-order valence-electron chi connectivity index (χ0n) is 11.3. The predicted molar refractivity (Wildman–Crippen MR) is 65.7 cm³/mol. The number of ether oxygens (including phenoxy) is 2. The lowest BCUT2D eigenvalue weighted by molar-refractivity contribution is -0.149. The van der Waals surface area contributed by atoms with Gasteiger partial charge in [-0.3, -0.25) is 0 Å². The molecule has 2 fully saturated rings. The summed E-state index contributed by atoms with van der Waals surface area (Å²) in [7, 11) is 0. The van der Waals surface area contributed by atoms with Crippen molar-refractivity contribution >= 4 is 5.97 Å². The maximum Gasteiger partial charge on any atom is 0.341 e. The van der Waals surface area contributed by atoms with E-state index in [-0.39, 0.29) is 11.6 Å². The molecule has 1 saturated heterocycles. The molecule has 0 bridgehead atoms. The Bertz CT molecular complexity index is 302. The number of hydrogen-bond acceptors (Lipinski definition) is 3. The number of hydrogen-bond donors (Lipinski definition) is 0. The third kappa shape index (κ3) is 1.88. The lowest BCUT2D eigenvalue weighted by Gasteiger charge is -2.28. The van der Waals surface area contributed by atoms with Crippen LogP contribution in [0.25, 0.3) is 0 Å². The zero-order chi connectivity index (χ0) is 12.5. The van der Waals surface area contributed by atoms with Crippen molar-refractivity contribution in [1.29, 1.82) is 0 Å². The van der Waals surface area contributed by atoms with Crippen LogP contribution in [-0.2, 0) is 14.3 Å². The molecule has 0 aromatic rings. The van der Waals surface area contributed by atoms with Crippen LogP contribution in [0.4, 0.5) is 0 Å². The van der Waals surface area contributed by atoms with E-state index in [2.05, 4.69) is 6.92 Å². The molecule has 2 aliphatic rings. The highest BCUT2D eigenvalue weighted by Gasteiger charge is 2.74. The first-order valence-corrected chi connectivity index (χ1v) is 7.01. The Morgan fingerprint density at radius 3 is 2.76 bits per heavy atom. The number of carbonyl (C=O) groups excluding carboxylic acids is 1. The highest BCUT2D eigenvalue weighted by atomic mass is 16.7. The van der Waals surface area contributed by atoms with E-state index < -0.39 is 5.60 Å². The van der Waals surface area contributed by atoms with Crippen LogP contribution in [0.5, 0.6) is 0 Å². The smallest absolute Gasteiger partial charge is 0.341 e. The van der Waals surface area contributed by atoms with Crippen molar-refractivity contribution in [2.75, 3.05) is 6.61 Å². The van der Waals surface area contributed by atoms with Crippen LogP contribution in [0.1, 0.15) is 59.3 Å². The molecule has 1 spiro atoms. The number of epoxide rings is 1. The first-order valence-electron chi connectivity index (χ1n) is 7.01. The molecule has 3 nitrogen and oxygen atoms in total. The van der Waals surface area contributed by atoms with E-state index in [0.717, 1.165) is 19.3 Å². The van der Waals surface area contributed by atoms with Gasteiger partial charge in [-0.1, -0.05) is 33.1 Å². The lowest BCUT2D eigenvalue weighted by atomic mass is 9.73. The van der Waals surface area contributed by atoms with E-state index in [1.807, 2.05) is 13.8 Å². The Morgan fingerprint density at radius 2 is 2.18 bits per heavy atom. The van der Waals surface area contributed by atoms with Crippen molar-refractivity contribution in [3.8, 4) is 0 Å². The second-order valence-corrected chi connectivity index (χ2v) is 5.37. The molecule has 1 heterocycles. The van der Waals surface area contributed by atoms with Gasteiger partial charge in [0.2, 0.25) is 0 Å². The average molecular weight is 240 g/mol. The average Bonchev–Trinajstić information content (AvgIpc) is 2.98. The van der Waals surface area contributed by atoms with Gasteiger partial charge < -0.3 is 9.47 Å². The van der Waals surface area contributed by atoms with Gasteiger partial charge in [0.1, 0.15) is 5.60 Å². The molecule has 2 rings (SSSR count).